The molecule has 0 radical (unpaired) electrons. The molecule has 8 heteroatoms. The summed E-state index contributed by atoms with van der Waals surface area (Å²) in [6.07, 6.45) is -5.06. The third-order valence-electron chi connectivity index (χ3n) is 4.59. The van der Waals surface area contributed by atoms with E-state index in [9.17, 15) is 18.0 Å². The standard InChI is InChI=1S/C20H20ClF3N2O2/c1-14(28-18-7-3-5-16(21)13-18)19(27)26-10-8-25(9-11-26)17-6-2-4-15(12-17)20(22,23)24/h2-7,12-14H,8-11H2,1H3/t14-/m1/s1. The number of nitrogens with zero attached hydrogens (tertiary/aromatic N) is 2. The van der Waals surface area contributed by atoms with Gasteiger partial charge in [0.25, 0.3) is 5.91 Å². The number of hydrogen-bond donors (Lipinski definition) is 0. The van der Waals surface area contributed by atoms with E-state index in [1.165, 1.54) is 6.07 Å². The van der Waals surface area contributed by atoms with Crippen molar-refractivity contribution in [1.82, 2.24) is 4.90 Å². The molecule has 0 aliphatic carbocycles. The van der Waals surface area contributed by atoms with Crippen molar-refractivity contribution in [2.75, 3.05) is 31.1 Å². The average Bonchev–Trinajstić information content (AvgIpc) is 2.67. The molecule has 1 saturated heterocycles. The minimum atomic E-state index is -4.37. The Balaban J connectivity index is 1.58. The molecule has 0 aromatic heterocycles. The lowest BCUT2D eigenvalue weighted by atomic mass is 10.1. The number of anilines is 1. The van der Waals surface area contributed by atoms with Crippen LogP contribution in [0.15, 0.2) is 48.5 Å². The molecule has 2 aromatic carbocycles. The molecule has 0 bridgehead atoms. The quantitative estimate of drug-likeness (QED) is 0.742. The lowest BCUT2D eigenvalue weighted by molar-refractivity contribution is -0.138. The summed E-state index contributed by atoms with van der Waals surface area (Å²) in [6.45, 7) is 3.41. The molecule has 1 heterocycles. The zero-order chi connectivity index (χ0) is 20.3. The van der Waals surface area contributed by atoms with Crippen LogP contribution in [-0.2, 0) is 11.0 Å². The molecule has 0 saturated carbocycles. The van der Waals surface area contributed by atoms with Gasteiger partial charge in [-0.25, -0.2) is 0 Å². The van der Waals surface area contributed by atoms with Gasteiger partial charge in [-0.05, 0) is 43.3 Å². The highest BCUT2D eigenvalue weighted by Crippen LogP contribution is 2.32. The third-order valence-corrected chi connectivity index (χ3v) is 4.82. The van der Waals surface area contributed by atoms with Crippen LogP contribution in [0.4, 0.5) is 18.9 Å². The predicted molar refractivity (Wildman–Crippen MR) is 102 cm³/mol. The van der Waals surface area contributed by atoms with E-state index >= 15 is 0 Å². The number of rotatable bonds is 4. The molecular formula is C20H20ClF3N2O2. The summed E-state index contributed by atoms with van der Waals surface area (Å²) in [5.41, 5.74) is -0.169. The van der Waals surface area contributed by atoms with Gasteiger partial charge < -0.3 is 14.5 Å². The summed E-state index contributed by atoms with van der Waals surface area (Å²) in [7, 11) is 0. The molecule has 1 aliphatic rings. The van der Waals surface area contributed by atoms with E-state index in [4.69, 9.17) is 16.3 Å². The highest BCUT2D eigenvalue weighted by atomic mass is 35.5. The Hall–Kier alpha value is -2.41. The predicted octanol–water partition coefficient (Wildman–Crippen LogP) is 4.47. The van der Waals surface area contributed by atoms with Crippen LogP contribution in [-0.4, -0.2) is 43.1 Å². The Labute approximate surface area is 166 Å². The maximum Gasteiger partial charge on any atom is 0.416 e. The zero-order valence-corrected chi connectivity index (χ0v) is 16.0. The van der Waals surface area contributed by atoms with Crippen LogP contribution in [0.1, 0.15) is 12.5 Å². The molecular weight excluding hydrogens is 393 g/mol. The highest BCUT2D eigenvalue weighted by Gasteiger charge is 2.31. The Morgan fingerprint density at radius 1 is 1.07 bits per heavy atom. The van der Waals surface area contributed by atoms with Crippen molar-refractivity contribution in [3.8, 4) is 5.75 Å². The van der Waals surface area contributed by atoms with Crippen LogP contribution >= 0.6 is 11.6 Å². The Bertz CT molecular complexity index is 836. The van der Waals surface area contributed by atoms with Crippen molar-refractivity contribution in [1.29, 1.82) is 0 Å². The molecule has 0 spiro atoms. The van der Waals surface area contributed by atoms with Crippen LogP contribution in [0.25, 0.3) is 0 Å². The lowest BCUT2D eigenvalue weighted by Crippen LogP contribution is -2.52. The van der Waals surface area contributed by atoms with E-state index in [0.717, 1.165) is 12.1 Å². The van der Waals surface area contributed by atoms with Gasteiger partial charge in [0.2, 0.25) is 0 Å². The number of carbonyl (C=O) groups is 1. The topological polar surface area (TPSA) is 32.8 Å². The molecule has 150 valence electrons. The van der Waals surface area contributed by atoms with E-state index in [1.54, 1.807) is 42.2 Å². The highest BCUT2D eigenvalue weighted by molar-refractivity contribution is 6.30. The minimum absolute atomic E-state index is 0.163. The minimum Gasteiger partial charge on any atom is -0.481 e. The zero-order valence-electron chi connectivity index (χ0n) is 15.2. The number of alkyl halides is 3. The number of hydrogen-bond acceptors (Lipinski definition) is 3. The average molecular weight is 413 g/mol. The maximum absolute atomic E-state index is 12.9. The van der Waals surface area contributed by atoms with Crippen molar-refractivity contribution in [2.24, 2.45) is 0 Å². The van der Waals surface area contributed by atoms with Crippen molar-refractivity contribution >= 4 is 23.2 Å². The summed E-state index contributed by atoms with van der Waals surface area (Å²) >= 11 is 5.92. The van der Waals surface area contributed by atoms with Gasteiger partial charge in [-0.3, -0.25) is 4.79 Å². The van der Waals surface area contributed by atoms with Crippen LogP contribution in [0.2, 0.25) is 5.02 Å². The normalized spacial score (nSPS) is 16.0. The molecule has 3 rings (SSSR count). The van der Waals surface area contributed by atoms with E-state index < -0.39 is 17.8 Å². The lowest BCUT2D eigenvalue weighted by Gasteiger charge is -2.37. The molecule has 0 N–H and O–H groups in total. The van der Waals surface area contributed by atoms with Crippen molar-refractivity contribution < 1.29 is 22.7 Å². The van der Waals surface area contributed by atoms with Crippen molar-refractivity contribution in [3.05, 3.63) is 59.1 Å². The summed E-state index contributed by atoms with van der Waals surface area (Å²) in [6, 6.07) is 12.1. The first kappa shape index (κ1) is 20.3. The largest absolute Gasteiger partial charge is 0.481 e. The molecule has 28 heavy (non-hydrogen) atoms. The first-order valence-electron chi connectivity index (χ1n) is 8.87. The molecule has 1 atom stereocenters. The maximum atomic E-state index is 12.9. The van der Waals surface area contributed by atoms with Gasteiger partial charge in [0, 0.05) is 36.9 Å². The summed E-state index contributed by atoms with van der Waals surface area (Å²) < 4.78 is 44.4. The molecule has 1 fully saturated rings. The van der Waals surface area contributed by atoms with Gasteiger partial charge in [0.05, 0.1) is 5.56 Å². The number of benzene rings is 2. The van der Waals surface area contributed by atoms with Gasteiger partial charge in [-0.15, -0.1) is 0 Å². The Morgan fingerprint density at radius 2 is 1.75 bits per heavy atom. The Kier molecular flexibility index (Phi) is 6.03. The SMILES string of the molecule is C[C@@H](Oc1cccc(Cl)c1)C(=O)N1CCN(c2cccc(C(F)(F)F)c2)CC1. The number of ether oxygens (including phenoxy) is 1. The number of amides is 1. The van der Waals surface area contributed by atoms with Gasteiger partial charge >= 0.3 is 6.18 Å². The van der Waals surface area contributed by atoms with E-state index in [2.05, 4.69) is 0 Å². The van der Waals surface area contributed by atoms with Crippen molar-refractivity contribution in [2.45, 2.75) is 19.2 Å². The monoisotopic (exact) mass is 412 g/mol. The summed E-state index contributed by atoms with van der Waals surface area (Å²) in [4.78, 5) is 16.1. The van der Waals surface area contributed by atoms with Crippen LogP contribution < -0.4 is 9.64 Å². The van der Waals surface area contributed by atoms with Gasteiger partial charge in [0.15, 0.2) is 6.10 Å². The van der Waals surface area contributed by atoms with E-state index in [1.807, 2.05) is 4.90 Å². The van der Waals surface area contributed by atoms with E-state index in [0.29, 0.717) is 42.6 Å². The second kappa shape index (κ2) is 8.31. The number of halogens is 4. The summed E-state index contributed by atoms with van der Waals surface area (Å²) in [5.74, 6) is 0.347. The number of carbonyl (C=O) groups excluding carboxylic acids is 1. The van der Waals surface area contributed by atoms with Gasteiger partial charge in [-0.2, -0.15) is 13.2 Å². The van der Waals surface area contributed by atoms with Crippen LogP contribution in [0, 0.1) is 0 Å². The second-order valence-corrected chi connectivity index (χ2v) is 7.01. The molecule has 1 aliphatic heterocycles. The van der Waals surface area contributed by atoms with Crippen LogP contribution in [0.3, 0.4) is 0 Å². The fraction of sp³-hybridized carbons (Fsp3) is 0.350. The summed E-state index contributed by atoms with van der Waals surface area (Å²) in [5, 5.41) is 0.520. The fourth-order valence-electron chi connectivity index (χ4n) is 3.12. The molecule has 0 unspecified atom stereocenters. The smallest absolute Gasteiger partial charge is 0.416 e. The van der Waals surface area contributed by atoms with Crippen molar-refractivity contribution in [3.63, 3.8) is 0 Å². The van der Waals surface area contributed by atoms with E-state index in [-0.39, 0.29) is 5.91 Å². The van der Waals surface area contributed by atoms with Gasteiger partial charge in [-0.1, -0.05) is 23.7 Å². The Morgan fingerprint density at radius 3 is 2.39 bits per heavy atom. The first-order chi connectivity index (χ1) is 13.2. The number of piperazine rings is 1. The second-order valence-electron chi connectivity index (χ2n) is 6.58. The van der Waals surface area contributed by atoms with Gasteiger partial charge in [0.1, 0.15) is 5.75 Å². The third kappa shape index (κ3) is 4.90. The molecule has 2 aromatic rings. The molecule has 1 amide bonds. The fourth-order valence-corrected chi connectivity index (χ4v) is 3.30. The van der Waals surface area contributed by atoms with Crippen LogP contribution in [0.5, 0.6) is 5.75 Å². The first-order valence-corrected chi connectivity index (χ1v) is 9.25. The molecule has 4 nitrogen and oxygen atoms in total.